The van der Waals surface area contributed by atoms with E-state index in [1.807, 2.05) is 42.5 Å². The van der Waals surface area contributed by atoms with Gasteiger partial charge in [0.05, 0.1) is 5.02 Å². The molecule has 0 spiro atoms. The lowest BCUT2D eigenvalue weighted by Gasteiger charge is -2.35. The number of hydrogen-bond donors (Lipinski definition) is 0. The summed E-state index contributed by atoms with van der Waals surface area (Å²) >= 11 is 7.57. The van der Waals surface area contributed by atoms with Gasteiger partial charge < -0.3 is 14.5 Å². The van der Waals surface area contributed by atoms with Gasteiger partial charge in [-0.1, -0.05) is 35.9 Å². The van der Waals surface area contributed by atoms with Crippen LogP contribution in [0.25, 0.3) is 10.1 Å². The number of carbonyl (C=O) groups excluding carboxylic acids is 2. The van der Waals surface area contributed by atoms with Crippen molar-refractivity contribution >= 4 is 50.7 Å². The third-order valence-corrected chi connectivity index (χ3v) is 6.31. The number of halogens is 1. The van der Waals surface area contributed by atoms with Crippen LogP contribution in [0, 0.1) is 0 Å². The van der Waals surface area contributed by atoms with Gasteiger partial charge in [-0.15, -0.1) is 11.3 Å². The molecule has 144 valence electrons. The molecular weight excluding hydrogens is 398 g/mol. The Bertz CT molecular complexity index is 1000. The minimum absolute atomic E-state index is 0.203. The summed E-state index contributed by atoms with van der Waals surface area (Å²) in [5, 5.41) is 1.19. The van der Waals surface area contributed by atoms with Crippen molar-refractivity contribution in [2.75, 3.05) is 37.7 Å². The highest BCUT2D eigenvalue weighted by Crippen LogP contribution is 2.35. The fraction of sp³-hybridized carbons (Fsp3) is 0.250. The Hall–Kier alpha value is -2.64. The first-order valence-electron chi connectivity index (χ1n) is 8.91. The number of carbonyl (C=O) groups is 2. The number of thiophene rings is 1. The van der Waals surface area contributed by atoms with E-state index >= 15 is 0 Å². The molecule has 8 heteroatoms. The van der Waals surface area contributed by atoms with E-state index in [-0.39, 0.29) is 12.5 Å². The molecule has 0 saturated carbocycles. The van der Waals surface area contributed by atoms with Crippen molar-refractivity contribution < 1.29 is 14.3 Å². The fourth-order valence-corrected chi connectivity index (χ4v) is 4.56. The van der Waals surface area contributed by atoms with Crippen LogP contribution in [0.4, 0.5) is 5.82 Å². The van der Waals surface area contributed by atoms with Gasteiger partial charge in [-0.3, -0.25) is 4.79 Å². The number of esters is 1. The molecule has 0 bridgehead atoms. The molecule has 0 atom stereocenters. The average molecular weight is 416 g/mol. The maximum atomic E-state index is 12.4. The Kier molecular flexibility index (Phi) is 5.45. The number of hydrogen-bond acceptors (Lipinski definition) is 6. The van der Waals surface area contributed by atoms with Crippen molar-refractivity contribution in [2.45, 2.75) is 0 Å². The van der Waals surface area contributed by atoms with Gasteiger partial charge in [0.2, 0.25) is 0 Å². The molecule has 0 radical (unpaired) electrons. The predicted molar refractivity (Wildman–Crippen MR) is 110 cm³/mol. The van der Waals surface area contributed by atoms with Crippen LogP contribution in [-0.2, 0) is 9.53 Å². The summed E-state index contributed by atoms with van der Waals surface area (Å²) in [5.41, 5.74) is 0. The molecule has 6 nitrogen and oxygen atoms in total. The largest absolute Gasteiger partial charge is 0.451 e. The Morgan fingerprint density at radius 2 is 1.82 bits per heavy atom. The average Bonchev–Trinajstić information content (AvgIpc) is 3.09. The molecule has 2 aromatic heterocycles. The van der Waals surface area contributed by atoms with Crippen LogP contribution in [0.3, 0.4) is 0 Å². The van der Waals surface area contributed by atoms with Crippen LogP contribution in [-0.4, -0.2) is 54.5 Å². The third-order valence-electron chi connectivity index (χ3n) is 4.65. The molecule has 1 aliphatic rings. The molecule has 1 saturated heterocycles. The van der Waals surface area contributed by atoms with E-state index in [9.17, 15) is 9.59 Å². The molecule has 0 aliphatic carbocycles. The molecule has 1 aromatic carbocycles. The van der Waals surface area contributed by atoms with E-state index in [0.717, 1.165) is 15.9 Å². The lowest BCUT2D eigenvalue weighted by Crippen LogP contribution is -2.50. The first-order chi connectivity index (χ1) is 13.6. The van der Waals surface area contributed by atoms with Crippen molar-refractivity contribution in [2.24, 2.45) is 0 Å². The van der Waals surface area contributed by atoms with Gasteiger partial charge in [-0.2, -0.15) is 0 Å². The molecule has 1 amide bonds. The highest BCUT2D eigenvalue weighted by molar-refractivity contribution is 7.21. The number of nitrogens with zero attached hydrogens (tertiary/aromatic N) is 3. The number of fused-ring (bicyclic) bond motifs is 1. The van der Waals surface area contributed by atoms with Crippen molar-refractivity contribution in [3.05, 3.63) is 58.6 Å². The minimum atomic E-state index is -0.563. The van der Waals surface area contributed by atoms with Gasteiger partial charge in [0.1, 0.15) is 10.7 Å². The van der Waals surface area contributed by atoms with Crippen molar-refractivity contribution in [3.8, 4) is 0 Å². The zero-order valence-electron chi connectivity index (χ0n) is 15.0. The zero-order chi connectivity index (χ0) is 19.5. The summed E-state index contributed by atoms with van der Waals surface area (Å²) in [5.74, 6) is 0.137. The van der Waals surface area contributed by atoms with E-state index in [2.05, 4.69) is 9.88 Å². The van der Waals surface area contributed by atoms with Crippen LogP contribution in [0.5, 0.6) is 0 Å². The maximum absolute atomic E-state index is 12.4. The molecule has 0 N–H and O–H groups in total. The number of ether oxygens (including phenoxy) is 1. The summed E-state index contributed by atoms with van der Waals surface area (Å²) in [6.07, 6.45) is 1.76. The number of rotatable bonds is 4. The number of benzene rings is 1. The van der Waals surface area contributed by atoms with Gasteiger partial charge in [-0.05, 0) is 18.2 Å². The van der Waals surface area contributed by atoms with E-state index in [0.29, 0.717) is 36.1 Å². The van der Waals surface area contributed by atoms with E-state index < -0.39 is 5.97 Å². The Morgan fingerprint density at radius 3 is 2.54 bits per heavy atom. The molecule has 0 unspecified atom stereocenters. The van der Waals surface area contributed by atoms with Crippen LogP contribution < -0.4 is 4.90 Å². The molecule has 3 heterocycles. The number of aromatic nitrogens is 1. The zero-order valence-corrected chi connectivity index (χ0v) is 16.6. The fourth-order valence-electron chi connectivity index (χ4n) is 3.16. The summed E-state index contributed by atoms with van der Waals surface area (Å²) in [4.78, 5) is 33.3. The van der Waals surface area contributed by atoms with E-state index in [1.165, 1.54) is 11.3 Å². The highest BCUT2D eigenvalue weighted by atomic mass is 35.5. The number of pyridine rings is 1. The van der Waals surface area contributed by atoms with Gasteiger partial charge in [-0.25, -0.2) is 9.78 Å². The van der Waals surface area contributed by atoms with Gasteiger partial charge in [0.15, 0.2) is 6.61 Å². The summed E-state index contributed by atoms with van der Waals surface area (Å²) in [7, 11) is 0. The Morgan fingerprint density at radius 1 is 1.07 bits per heavy atom. The quantitative estimate of drug-likeness (QED) is 0.611. The second-order valence-corrected chi connectivity index (χ2v) is 7.80. The monoisotopic (exact) mass is 415 g/mol. The summed E-state index contributed by atoms with van der Waals surface area (Å²) in [6.45, 7) is 2.23. The Labute approximate surface area is 171 Å². The topological polar surface area (TPSA) is 62.7 Å². The molecule has 3 aromatic rings. The molecule has 4 rings (SSSR count). The molecular formula is C20H18ClN3O3S. The number of piperazine rings is 1. The first-order valence-corrected chi connectivity index (χ1v) is 10.1. The summed E-state index contributed by atoms with van der Waals surface area (Å²) in [6, 6.07) is 13.3. The lowest BCUT2D eigenvalue weighted by atomic mass is 10.2. The van der Waals surface area contributed by atoms with Gasteiger partial charge >= 0.3 is 5.97 Å². The number of anilines is 1. The highest BCUT2D eigenvalue weighted by Gasteiger charge is 2.24. The van der Waals surface area contributed by atoms with E-state index in [4.69, 9.17) is 16.3 Å². The van der Waals surface area contributed by atoms with Crippen LogP contribution in [0.15, 0.2) is 48.7 Å². The summed E-state index contributed by atoms with van der Waals surface area (Å²) < 4.78 is 6.15. The van der Waals surface area contributed by atoms with Crippen LogP contribution in [0.1, 0.15) is 9.67 Å². The second-order valence-electron chi connectivity index (χ2n) is 6.37. The van der Waals surface area contributed by atoms with Crippen molar-refractivity contribution in [1.82, 2.24) is 9.88 Å². The maximum Gasteiger partial charge on any atom is 0.350 e. The normalized spacial score (nSPS) is 14.3. The Balaban J connectivity index is 1.32. The lowest BCUT2D eigenvalue weighted by molar-refractivity contribution is -0.134. The molecule has 1 aliphatic heterocycles. The number of amides is 1. The van der Waals surface area contributed by atoms with Crippen LogP contribution >= 0.6 is 22.9 Å². The second kappa shape index (κ2) is 8.16. The first kappa shape index (κ1) is 18.7. The van der Waals surface area contributed by atoms with Crippen molar-refractivity contribution in [3.63, 3.8) is 0 Å². The van der Waals surface area contributed by atoms with Gasteiger partial charge in [0, 0.05) is 42.5 Å². The van der Waals surface area contributed by atoms with Crippen LogP contribution in [0.2, 0.25) is 5.02 Å². The third kappa shape index (κ3) is 3.81. The van der Waals surface area contributed by atoms with E-state index in [1.54, 1.807) is 11.1 Å². The molecule has 1 fully saturated rings. The molecule has 28 heavy (non-hydrogen) atoms. The van der Waals surface area contributed by atoms with Crippen molar-refractivity contribution in [1.29, 1.82) is 0 Å². The smallest absolute Gasteiger partial charge is 0.350 e. The minimum Gasteiger partial charge on any atom is -0.451 e. The van der Waals surface area contributed by atoms with Gasteiger partial charge in [0.25, 0.3) is 5.91 Å². The SMILES string of the molecule is O=C(OCC(=O)N1CCN(c2ccccn2)CC1)c1sc2ccccc2c1Cl. The standard InChI is InChI=1S/C20H18ClN3O3S/c21-18-14-5-1-2-6-15(14)28-19(18)20(26)27-13-17(25)24-11-9-23(10-12-24)16-7-3-4-8-22-16/h1-8H,9-13H2. The predicted octanol–water partition coefficient (Wildman–Crippen LogP) is 3.46.